The number of amides is 2. The van der Waals surface area contributed by atoms with Crippen molar-refractivity contribution in [2.24, 2.45) is 0 Å². The Bertz CT molecular complexity index is 273. The van der Waals surface area contributed by atoms with Crippen molar-refractivity contribution in [1.82, 2.24) is 9.80 Å². The van der Waals surface area contributed by atoms with Gasteiger partial charge >= 0.3 is 0 Å². The molecule has 1 heterocycles. The van der Waals surface area contributed by atoms with E-state index in [0.29, 0.717) is 6.54 Å². The fourth-order valence-electron chi connectivity index (χ4n) is 1.65. The number of hydrogen-bond donors (Lipinski definition) is 1. The van der Waals surface area contributed by atoms with E-state index in [1.807, 2.05) is 6.92 Å². The number of alkyl halides is 1. The molecule has 0 aliphatic carbocycles. The minimum atomic E-state index is -0.767. The molecular formula is C10H17ClN2O3. The lowest BCUT2D eigenvalue weighted by Gasteiger charge is -2.34. The van der Waals surface area contributed by atoms with Crippen molar-refractivity contribution >= 4 is 23.4 Å². The van der Waals surface area contributed by atoms with Crippen LogP contribution in [0.5, 0.6) is 0 Å². The van der Waals surface area contributed by atoms with Gasteiger partial charge in [-0.1, -0.05) is 6.92 Å². The Morgan fingerprint density at radius 2 is 1.88 bits per heavy atom. The number of rotatable bonds is 5. The topological polar surface area (TPSA) is 60.9 Å². The van der Waals surface area contributed by atoms with Crippen LogP contribution in [-0.4, -0.2) is 64.9 Å². The van der Waals surface area contributed by atoms with Gasteiger partial charge in [0.2, 0.25) is 11.8 Å². The molecule has 1 fully saturated rings. The molecule has 0 aromatic carbocycles. The summed E-state index contributed by atoms with van der Waals surface area (Å²) in [7, 11) is 0. The van der Waals surface area contributed by atoms with Gasteiger partial charge in [0.25, 0.3) is 0 Å². The first-order chi connectivity index (χ1) is 7.58. The Morgan fingerprint density at radius 3 is 2.44 bits per heavy atom. The third kappa shape index (κ3) is 3.35. The van der Waals surface area contributed by atoms with Gasteiger partial charge in [-0.15, -0.1) is 11.6 Å². The Morgan fingerprint density at radius 1 is 1.31 bits per heavy atom. The van der Waals surface area contributed by atoms with Crippen molar-refractivity contribution in [1.29, 1.82) is 0 Å². The smallest absolute Gasteiger partial charge is 0.242 e. The number of piperazine rings is 1. The second kappa shape index (κ2) is 6.06. The van der Waals surface area contributed by atoms with Crippen LogP contribution in [0.3, 0.4) is 0 Å². The minimum absolute atomic E-state index is 0.0484. The Hall–Kier alpha value is -0.810. The van der Waals surface area contributed by atoms with Crippen LogP contribution in [0.2, 0.25) is 0 Å². The van der Waals surface area contributed by atoms with Crippen LogP contribution in [0.25, 0.3) is 0 Å². The van der Waals surface area contributed by atoms with Gasteiger partial charge in [0.05, 0.1) is 25.1 Å². The molecular weight excluding hydrogens is 232 g/mol. The third-order valence-electron chi connectivity index (χ3n) is 2.46. The van der Waals surface area contributed by atoms with E-state index in [1.54, 1.807) is 4.90 Å². The Balaban J connectivity index is 2.53. The van der Waals surface area contributed by atoms with Gasteiger partial charge in [0.1, 0.15) is 0 Å². The largest absolute Gasteiger partial charge is 0.390 e. The van der Waals surface area contributed by atoms with Gasteiger partial charge in [-0.25, -0.2) is 0 Å². The fourth-order valence-corrected chi connectivity index (χ4v) is 1.74. The van der Waals surface area contributed by atoms with Gasteiger partial charge < -0.3 is 14.9 Å². The molecule has 0 saturated carbocycles. The predicted octanol–water partition coefficient (Wildman–Crippen LogP) is -0.333. The fraction of sp³-hybridized carbons (Fsp3) is 0.800. The molecule has 1 atom stereocenters. The van der Waals surface area contributed by atoms with Crippen LogP contribution in [-0.2, 0) is 9.59 Å². The molecule has 1 saturated heterocycles. The molecule has 1 rings (SSSR count). The number of nitrogens with zero attached hydrogens (tertiary/aromatic N) is 2. The van der Waals surface area contributed by atoms with Crippen LogP contribution >= 0.6 is 11.6 Å². The van der Waals surface area contributed by atoms with E-state index in [-0.39, 0.29) is 37.3 Å². The van der Waals surface area contributed by atoms with E-state index in [9.17, 15) is 14.7 Å². The average molecular weight is 249 g/mol. The van der Waals surface area contributed by atoms with E-state index in [2.05, 4.69) is 0 Å². The van der Waals surface area contributed by atoms with Crippen molar-refractivity contribution in [3.8, 4) is 0 Å². The number of carbonyl (C=O) groups excluding carboxylic acids is 2. The zero-order valence-corrected chi connectivity index (χ0v) is 10.1. The predicted molar refractivity (Wildman–Crippen MR) is 60.2 cm³/mol. The second-order valence-electron chi connectivity index (χ2n) is 3.90. The van der Waals surface area contributed by atoms with Crippen LogP contribution in [0.15, 0.2) is 0 Å². The zero-order valence-electron chi connectivity index (χ0n) is 9.36. The first-order valence-electron chi connectivity index (χ1n) is 5.38. The van der Waals surface area contributed by atoms with Crippen molar-refractivity contribution in [3.05, 3.63) is 0 Å². The summed E-state index contributed by atoms with van der Waals surface area (Å²) < 4.78 is 0. The first kappa shape index (κ1) is 13.3. The average Bonchev–Trinajstić information content (AvgIpc) is 2.25. The van der Waals surface area contributed by atoms with E-state index < -0.39 is 6.10 Å². The van der Waals surface area contributed by atoms with E-state index in [4.69, 9.17) is 11.6 Å². The molecule has 1 N–H and O–H groups in total. The zero-order chi connectivity index (χ0) is 12.1. The minimum Gasteiger partial charge on any atom is -0.390 e. The highest BCUT2D eigenvalue weighted by Crippen LogP contribution is 2.07. The summed E-state index contributed by atoms with van der Waals surface area (Å²) in [5.74, 6) is -0.128. The van der Waals surface area contributed by atoms with Crippen molar-refractivity contribution < 1.29 is 14.7 Å². The molecule has 16 heavy (non-hydrogen) atoms. The molecule has 6 heteroatoms. The molecule has 0 bridgehead atoms. The number of aliphatic hydroxyl groups is 1. The molecule has 1 unspecified atom stereocenters. The van der Waals surface area contributed by atoms with Gasteiger partial charge in [0.15, 0.2) is 0 Å². The molecule has 92 valence electrons. The second-order valence-corrected chi connectivity index (χ2v) is 4.21. The highest BCUT2D eigenvalue weighted by Gasteiger charge is 2.30. The van der Waals surface area contributed by atoms with Crippen molar-refractivity contribution in [3.63, 3.8) is 0 Å². The summed E-state index contributed by atoms with van der Waals surface area (Å²) in [5, 5.41) is 9.33. The maximum atomic E-state index is 11.7. The Kier molecular flexibility index (Phi) is 5.02. The quantitative estimate of drug-likeness (QED) is 0.678. The van der Waals surface area contributed by atoms with Crippen LogP contribution in [0.4, 0.5) is 0 Å². The molecule has 0 aromatic heterocycles. The lowest BCUT2D eigenvalue weighted by atomic mass is 10.2. The van der Waals surface area contributed by atoms with Gasteiger partial charge in [-0.2, -0.15) is 0 Å². The molecule has 0 radical (unpaired) electrons. The van der Waals surface area contributed by atoms with E-state index >= 15 is 0 Å². The molecule has 0 aromatic rings. The van der Waals surface area contributed by atoms with Gasteiger partial charge in [-0.3, -0.25) is 9.59 Å². The molecule has 1 aliphatic heterocycles. The number of halogens is 1. The first-order valence-corrected chi connectivity index (χ1v) is 5.91. The van der Waals surface area contributed by atoms with Crippen molar-refractivity contribution in [2.75, 3.05) is 32.1 Å². The lowest BCUT2D eigenvalue weighted by molar-refractivity contribution is -0.151. The molecule has 1 aliphatic rings. The number of β-amino-alcohol motifs (C(OH)–C–C–N with tert-alkyl or cyclic N) is 1. The van der Waals surface area contributed by atoms with Crippen LogP contribution < -0.4 is 0 Å². The standard InChI is InChI=1S/C10H17ClN2O3/c1-2-3-12-6-10(16)13(7-9(12)15)5-8(14)4-11/h8,14H,2-7H2,1H3. The highest BCUT2D eigenvalue weighted by molar-refractivity contribution is 6.18. The highest BCUT2D eigenvalue weighted by atomic mass is 35.5. The Labute approximate surface area is 100.0 Å². The summed E-state index contributed by atoms with van der Waals surface area (Å²) in [6.07, 6.45) is 0.0692. The molecule has 2 amide bonds. The normalized spacial score (nSPS) is 19.2. The molecule has 0 spiro atoms. The van der Waals surface area contributed by atoms with Gasteiger partial charge in [0, 0.05) is 13.1 Å². The van der Waals surface area contributed by atoms with Crippen LogP contribution in [0.1, 0.15) is 13.3 Å². The summed E-state index contributed by atoms with van der Waals surface area (Å²) in [4.78, 5) is 26.2. The van der Waals surface area contributed by atoms with E-state index in [0.717, 1.165) is 6.42 Å². The number of hydrogen-bond acceptors (Lipinski definition) is 3. The summed E-state index contributed by atoms with van der Waals surface area (Å²) in [5.41, 5.74) is 0. The maximum Gasteiger partial charge on any atom is 0.242 e. The number of carbonyl (C=O) groups is 2. The van der Waals surface area contributed by atoms with Crippen molar-refractivity contribution in [2.45, 2.75) is 19.4 Å². The van der Waals surface area contributed by atoms with E-state index in [1.165, 1.54) is 4.90 Å². The van der Waals surface area contributed by atoms with Crippen LogP contribution in [0, 0.1) is 0 Å². The molecule has 5 nitrogen and oxygen atoms in total. The lowest BCUT2D eigenvalue weighted by Crippen LogP contribution is -2.55. The number of aliphatic hydroxyl groups excluding tert-OH is 1. The third-order valence-corrected chi connectivity index (χ3v) is 2.82. The monoisotopic (exact) mass is 248 g/mol. The summed E-state index contributed by atoms with van der Waals surface area (Å²) >= 11 is 5.45. The maximum absolute atomic E-state index is 11.7. The SMILES string of the molecule is CCCN1CC(=O)N(CC(O)CCl)CC1=O. The summed E-state index contributed by atoms with van der Waals surface area (Å²) in [6, 6.07) is 0. The summed E-state index contributed by atoms with van der Waals surface area (Å²) in [6.45, 7) is 2.86. The van der Waals surface area contributed by atoms with Gasteiger partial charge in [-0.05, 0) is 6.42 Å².